The van der Waals surface area contributed by atoms with E-state index in [1.54, 1.807) is 27.0 Å². The summed E-state index contributed by atoms with van der Waals surface area (Å²) in [6.45, 7) is 5.03. The number of thioether (sulfide) groups is 2. The van der Waals surface area contributed by atoms with E-state index in [-0.39, 0.29) is 4.91 Å². The molecule has 0 aromatic rings. The van der Waals surface area contributed by atoms with E-state index in [1.165, 1.54) is 23.9 Å². The maximum atomic E-state index is 13.5. The van der Waals surface area contributed by atoms with Crippen LogP contribution in [0.2, 0.25) is 0 Å². The number of allylic oxidation sites excluding steroid dienone is 2. The summed E-state index contributed by atoms with van der Waals surface area (Å²) in [6, 6.07) is 0. The average molecular weight is 367 g/mol. The summed E-state index contributed by atoms with van der Waals surface area (Å²) in [7, 11) is 0. The minimum absolute atomic E-state index is 0.311. The lowest BCUT2D eigenvalue weighted by Gasteiger charge is -2.36. The van der Waals surface area contributed by atoms with Crippen molar-refractivity contribution in [1.29, 1.82) is 0 Å². The number of alkyl halides is 7. The summed E-state index contributed by atoms with van der Waals surface area (Å²) in [5.41, 5.74) is 0.563. The third-order valence-electron chi connectivity index (χ3n) is 3.50. The molecule has 1 unspecified atom stereocenters. The Labute approximate surface area is 132 Å². The Hall–Kier alpha value is -0.310. The molecule has 0 fully saturated rings. The van der Waals surface area contributed by atoms with Crippen molar-refractivity contribution in [1.82, 2.24) is 0 Å². The molecule has 0 aliphatic heterocycles. The van der Waals surface area contributed by atoms with E-state index in [4.69, 9.17) is 0 Å². The SMILES string of the molecule is CSC1(C)C=C(SC(F)(F)C(F)(F)C(F)(F)F)C=C(C)[C]1C. The molecule has 0 spiro atoms. The molecule has 0 amide bonds. The van der Waals surface area contributed by atoms with Gasteiger partial charge in [0, 0.05) is 15.6 Å². The number of rotatable bonds is 4. The molecule has 22 heavy (non-hydrogen) atoms. The molecule has 1 atom stereocenters. The lowest BCUT2D eigenvalue weighted by atomic mass is 9.85. The molecule has 127 valence electrons. The number of halogens is 7. The Kier molecular flexibility index (Phi) is 5.35. The quantitative estimate of drug-likeness (QED) is 0.553. The first kappa shape index (κ1) is 19.7. The molecule has 1 rings (SSSR count). The summed E-state index contributed by atoms with van der Waals surface area (Å²) in [5, 5.41) is -5.29. The van der Waals surface area contributed by atoms with E-state index >= 15 is 0 Å². The monoisotopic (exact) mass is 367 g/mol. The van der Waals surface area contributed by atoms with E-state index in [9.17, 15) is 30.7 Å². The standard InChI is InChI=1S/C13H14F7S2/c1-7-5-9(6-10(3,21-4)8(7)2)22-13(19,20)11(14,15)12(16,17)18/h5-6H,1-4H3. The lowest BCUT2D eigenvalue weighted by Crippen LogP contribution is -2.50. The first-order chi connectivity index (χ1) is 9.68. The molecule has 0 saturated carbocycles. The molecule has 1 aliphatic carbocycles. The normalized spacial score (nSPS) is 25.0. The van der Waals surface area contributed by atoms with Crippen molar-refractivity contribution < 1.29 is 30.7 Å². The van der Waals surface area contributed by atoms with Crippen LogP contribution in [0.25, 0.3) is 0 Å². The van der Waals surface area contributed by atoms with Crippen LogP contribution in [0.1, 0.15) is 20.8 Å². The van der Waals surface area contributed by atoms with Gasteiger partial charge in [-0.1, -0.05) is 18.6 Å². The van der Waals surface area contributed by atoms with E-state index in [0.717, 1.165) is 5.92 Å². The Morgan fingerprint density at radius 2 is 1.50 bits per heavy atom. The zero-order valence-electron chi connectivity index (χ0n) is 12.1. The Morgan fingerprint density at radius 3 is 1.91 bits per heavy atom. The van der Waals surface area contributed by atoms with E-state index in [1.807, 2.05) is 0 Å². The maximum absolute atomic E-state index is 13.5. The molecular formula is C13H14F7S2. The first-order valence-electron chi connectivity index (χ1n) is 6.00. The van der Waals surface area contributed by atoms with E-state index < -0.39 is 33.9 Å². The van der Waals surface area contributed by atoms with Gasteiger partial charge in [0.1, 0.15) is 0 Å². The van der Waals surface area contributed by atoms with Crippen molar-refractivity contribution in [2.75, 3.05) is 6.26 Å². The highest BCUT2D eigenvalue weighted by molar-refractivity contribution is 8.04. The highest BCUT2D eigenvalue weighted by atomic mass is 32.2. The highest BCUT2D eigenvalue weighted by Crippen LogP contribution is 2.55. The summed E-state index contributed by atoms with van der Waals surface area (Å²) in [5.74, 6) is -5.28. The van der Waals surface area contributed by atoms with Gasteiger partial charge in [-0.15, -0.1) is 0 Å². The van der Waals surface area contributed by atoms with Crippen LogP contribution in [0.15, 0.2) is 22.6 Å². The smallest absolute Gasteiger partial charge is 0.188 e. The van der Waals surface area contributed by atoms with Crippen LogP contribution in [0, 0.1) is 5.92 Å². The molecule has 0 heterocycles. The number of hydrogen-bond acceptors (Lipinski definition) is 2. The van der Waals surface area contributed by atoms with Crippen LogP contribution < -0.4 is 0 Å². The molecule has 0 aromatic heterocycles. The molecule has 1 radical (unpaired) electrons. The summed E-state index contributed by atoms with van der Waals surface area (Å²) >= 11 is 0.515. The van der Waals surface area contributed by atoms with Gasteiger partial charge in [0.05, 0.1) is 0 Å². The van der Waals surface area contributed by atoms with Gasteiger partial charge in [-0.25, -0.2) is 0 Å². The third-order valence-corrected chi connectivity index (χ3v) is 5.76. The molecule has 9 heteroatoms. The third kappa shape index (κ3) is 3.44. The molecular weight excluding hydrogens is 353 g/mol. The van der Waals surface area contributed by atoms with Gasteiger partial charge in [0.25, 0.3) is 0 Å². The summed E-state index contributed by atoms with van der Waals surface area (Å²) in [4.78, 5) is -0.311. The maximum Gasteiger partial charge on any atom is 0.460 e. The van der Waals surface area contributed by atoms with Crippen molar-refractivity contribution in [2.24, 2.45) is 0 Å². The van der Waals surface area contributed by atoms with Crippen molar-refractivity contribution in [3.05, 3.63) is 28.5 Å². The van der Waals surface area contributed by atoms with Gasteiger partial charge in [0.2, 0.25) is 0 Å². The van der Waals surface area contributed by atoms with Crippen LogP contribution in [-0.4, -0.2) is 28.4 Å². The molecule has 0 aromatic carbocycles. The fraction of sp³-hybridized carbons (Fsp3) is 0.615. The second-order valence-corrected chi connectivity index (χ2v) is 7.45. The lowest BCUT2D eigenvalue weighted by molar-refractivity contribution is -0.330. The molecule has 0 bridgehead atoms. The zero-order chi connectivity index (χ0) is 17.6. The second kappa shape index (κ2) is 5.96. The fourth-order valence-electron chi connectivity index (χ4n) is 1.78. The van der Waals surface area contributed by atoms with Crippen molar-refractivity contribution in [2.45, 2.75) is 42.9 Å². The summed E-state index contributed by atoms with van der Waals surface area (Å²) in [6.07, 6.45) is -2.14. The molecule has 1 aliphatic rings. The van der Waals surface area contributed by atoms with Gasteiger partial charge in [-0.2, -0.15) is 42.5 Å². The van der Waals surface area contributed by atoms with Gasteiger partial charge in [-0.05, 0) is 37.9 Å². The Balaban J connectivity index is 3.16. The minimum Gasteiger partial charge on any atom is -0.188 e. The molecule has 0 saturated heterocycles. The van der Waals surface area contributed by atoms with Gasteiger partial charge in [0.15, 0.2) is 0 Å². The predicted molar refractivity (Wildman–Crippen MR) is 76.2 cm³/mol. The average Bonchev–Trinajstić information content (AvgIpc) is 2.33. The Morgan fingerprint density at radius 1 is 1.00 bits per heavy atom. The van der Waals surface area contributed by atoms with Gasteiger partial charge >= 0.3 is 17.4 Å². The highest BCUT2D eigenvalue weighted by Gasteiger charge is 2.73. The van der Waals surface area contributed by atoms with Crippen LogP contribution in [0.3, 0.4) is 0 Å². The minimum atomic E-state index is -6.32. The Bertz CT molecular complexity index is 493. The van der Waals surface area contributed by atoms with Crippen LogP contribution in [0.4, 0.5) is 30.7 Å². The van der Waals surface area contributed by atoms with E-state index in [0.29, 0.717) is 5.57 Å². The topological polar surface area (TPSA) is 0 Å². The zero-order valence-corrected chi connectivity index (χ0v) is 13.7. The van der Waals surface area contributed by atoms with Crippen molar-refractivity contribution in [3.8, 4) is 0 Å². The predicted octanol–water partition coefficient (Wildman–Crippen LogP) is 6.07. The van der Waals surface area contributed by atoms with Crippen LogP contribution >= 0.6 is 23.5 Å². The van der Waals surface area contributed by atoms with Gasteiger partial charge in [-0.3, -0.25) is 0 Å². The summed E-state index contributed by atoms with van der Waals surface area (Å²) < 4.78 is 88.6. The van der Waals surface area contributed by atoms with Crippen molar-refractivity contribution >= 4 is 23.5 Å². The second-order valence-electron chi connectivity index (χ2n) is 5.00. The van der Waals surface area contributed by atoms with Crippen LogP contribution in [-0.2, 0) is 0 Å². The first-order valence-corrected chi connectivity index (χ1v) is 8.04. The largest absolute Gasteiger partial charge is 0.460 e. The van der Waals surface area contributed by atoms with E-state index in [2.05, 4.69) is 0 Å². The molecule has 0 nitrogen and oxygen atoms in total. The molecule has 0 N–H and O–H groups in total. The van der Waals surface area contributed by atoms with Crippen molar-refractivity contribution in [3.63, 3.8) is 0 Å². The van der Waals surface area contributed by atoms with Gasteiger partial charge < -0.3 is 0 Å². The van der Waals surface area contributed by atoms with Crippen LogP contribution in [0.5, 0.6) is 0 Å². The fourth-order valence-corrected chi connectivity index (χ4v) is 3.64. The number of hydrogen-bond donors (Lipinski definition) is 0.